The van der Waals surface area contributed by atoms with E-state index in [1.165, 1.54) is 5.56 Å². The Balaban J connectivity index is 1.88. The second-order valence-electron chi connectivity index (χ2n) is 4.72. The molecule has 2 aromatic carbocycles. The topological polar surface area (TPSA) is 35.5 Å². The Kier molecular flexibility index (Phi) is 4.31. The SMILES string of the molecule is O=Cc1cccc(Br)c1OCc1cc(Br)cc2c1OCC2. The van der Waals surface area contributed by atoms with Crippen LogP contribution in [0.1, 0.15) is 21.5 Å². The monoisotopic (exact) mass is 410 g/mol. The van der Waals surface area contributed by atoms with Gasteiger partial charge in [-0.1, -0.05) is 22.0 Å². The molecule has 0 fully saturated rings. The van der Waals surface area contributed by atoms with E-state index >= 15 is 0 Å². The Morgan fingerprint density at radius 1 is 1.29 bits per heavy atom. The van der Waals surface area contributed by atoms with Crippen LogP contribution in [-0.4, -0.2) is 12.9 Å². The van der Waals surface area contributed by atoms with Crippen molar-refractivity contribution in [2.75, 3.05) is 6.61 Å². The Morgan fingerprint density at radius 2 is 2.14 bits per heavy atom. The van der Waals surface area contributed by atoms with E-state index in [-0.39, 0.29) is 0 Å². The lowest BCUT2D eigenvalue weighted by Crippen LogP contribution is -2.01. The number of carbonyl (C=O) groups is 1. The number of benzene rings is 2. The van der Waals surface area contributed by atoms with Crippen molar-refractivity contribution in [3.63, 3.8) is 0 Å². The van der Waals surface area contributed by atoms with Gasteiger partial charge in [-0.15, -0.1) is 0 Å². The molecule has 0 aromatic heterocycles. The second-order valence-corrected chi connectivity index (χ2v) is 6.49. The van der Waals surface area contributed by atoms with Crippen LogP contribution in [0.5, 0.6) is 11.5 Å². The molecule has 0 saturated carbocycles. The summed E-state index contributed by atoms with van der Waals surface area (Å²) in [5.74, 6) is 1.46. The summed E-state index contributed by atoms with van der Waals surface area (Å²) in [5, 5.41) is 0. The van der Waals surface area contributed by atoms with Gasteiger partial charge in [0.2, 0.25) is 0 Å². The first-order chi connectivity index (χ1) is 10.2. The van der Waals surface area contributed by atoms with Crippen LogP contribution in [0, 0.1) is 0 Å². The van der Waals surface area contributed by atoms with Gasteiger partial charge < -0.3 is 9.47 Å². The zero-order valence-electron chi connectivity index (χ0n) is 11.1. The summed E-state index contributed by atoms with van der Waals surface area (Å²) in [6.45, 7) is 1.05. The van der Waals surface area contributed by atoms with E-state index in [4.69, 9.17) is 9.47 Å². The summed E-state index contributed by atoms with van der Waals surface area (Å²) in [7, 11) is 0. The van der Waals surface area contributed by atoms with Gasteiger partial charge in [-0.3, -0.25) is 4.79 Å². The summed E-state index contributed by atoms with van der Waals surface area (Å²) in [6.07, 6.45) is 1.71. The molecule has 5 heteroatoms. The number of para-hydroxylation sites is 1. The van der Waals surface area contributed by atoms with Crippen molar-refractivity contribution in [3.8, 4) is 11.5 Å². The van der Waals surface area contributed by atoms with Gasteiger partial charge in [0.15, 0.2) is 6.29 Å². The Hall–Kier alpha value is -1.33. The van der Waals surface area contributed by atoms with Crippen molar-refractivity contribution in [1.82, 2.24) is 0 Å². The van der Waals surface area contributed by atoms with Crippen LogP contribution in [0.25, 0.3) is 0 Å². The maximum Gasteiger partial charge on any atom is 0.153 e. The van der Waals surface area contributed by atoms with Crippen LogP contribution in [0.3, 0.4) is 0 Å². The van der Waals surface area contributed by atoms with Gasteiger partial charge in [0.25, 0.3) is 0 Å². The molecule has 1 aliphatic rings. The molecule has 21 heavy (non-hydrogen) atoms. The Labute approximate surface area is 139 Å². The lowest BCUT2D eigenvalue weighted by atomic mass is 10.1. The molecule has 0 saturated heterocycles. The number of fused-ring (bicyclic) bond motifs is 1. The number of hydrogen-bond donors (Lipinski definition) is 0. The van der Waals surface area contributed by atoms with E-state index in [1.807, 2.05) is 12.1 Å². The number of aldehydes is 1. The average molecular weight is 412 g/mol. The van der Waals surface area contributed by atoms with Crippen molar-refractivity contribution in [3.05, 3.63) is 56.0 Å². The highest BCUT2D eigenvalue weighted by atomic mass is 79.9. The first kappa shape index (κ1) is 14.6. The lowest BCUT2D eigenvalue weighted by molar-refractivity contribution is 0.111. The van der Waals surface area contributed by atoms with Crippen LogP contribution in [0.15, 0.2) is 39.3 Å². The minimum absolute atomic E-state index is 0.352. The van der Waals surface area contributed by atoms with E-state index in [0.717, 1.165) is 33.0 Å². The quantitative estimate of drug-likeness (QED) is 0.693. The molecule has 3 nitrogen and oxygen atoms in total. The van der Waals surface area contributed by atoms with Crippen molar-refractivity contribution >= 4 is 38.1 Å². The highest BCUT2D eigenvalue weighted by Gasteiger charge is 2.18. The minimum atomic E-state index is 0.352. The summed E-state index contributed by atoms with van der Waals surface area (Å²) in [4.78, 5) is 11.1. The number of rotatable bonds is 4. The van der Waals surface area contributed by atoms with Gasteiger partial charge in [0.05, 0.1) is 16.6 Å². The van der Waals surface area contributed by atoms with Gasteiger partial charge >= 0.3 is 0 Å². The van der Waals surface area contributed by atoms with Crippen LogP contribution in [-0.2, 0) is 13.0 Å². The minimum Gasteiger partial charge on any atom is -0.493 e. The first-order valence-corrected chi connectivity index (χ1v) is 8.08. The number of hydrogen-bond acceptors (Lipinski definition) is 3. The molecule has 0 atom stereocenters. The summed E-state index contributed by atoms with van der Waals surface area (Å²) in [6, 6.07) is 9.45. The third kappa shape index (κ3) is 2.99. The maximum absolute atomic E-state index is 11.1. The normalized spacial score (nSPS) is 12.7. The van der Waals surface area contributed by atoms with E-state index in [2.05, 4.69) is 37.9 Å². The highest BCUT2D eigenvalue weighted by Crippen LogP contribution is 2.35. The zero-order chi connectivity index (χ0) is 14.8. The largest absolute Gasteiger partial charge is 0.493 e. The lowest BCUT2D eigenvalue weighted by Gasteiger charge is -2.13. The first-order valence-electron chi connectivity index (χ1n) is 6.49. The Morgan fingerprint density at radius 3 is 2.95 bits per heavy atom. The zero-order valence-corrected chi connectivity index (χ0v) is 14.2. The predicted molar refractivity (Wildman–Crippen MR) is 87.2 cm³/mol. The van der Waals surface area contributed by atoms with E-state index in [0.29, 0.717) is 24.5 Å². The van der Waals surface area contributed by atoms with Gasteiger partial charge in [-0.25, -0.2) is 0 Å². The molecule has 0 radical (unpaired) electrons. The third-order valence-corrected chi connectivity index (χ3v) is 4.40. The molecule has 1 heterocycles. The van der Waals surface area contributed by atoms with Crippen LogP contribution < -0.4 is 9.47 Å². The molecular formula is C16H12Br2O3. The van der Waals surface area contributed by atoms with E-state index in [1.54, 1.807) is 12.1 Å². The maximum atomic E-state index is 11.1. The molecule has 0 spiro atoms. The predicted octanol–water partition coefficient (Wildman–Crippen LogP) is 4.54. The summed E-state index contributed by atoms with van der Waals surface area (Å²) < 4.78 is 13.3. The van der Waals surface area contributed by atoms with Crippen LogP contribution in [0.2, 0.25) is 0 Å². The van der Waals surface area contributed by atoms with E-state index < -0.39 is 0 Å². The molecule has 1 aliphatic heterocycles. The third-order valence-electron chi connectivity index (χ3n) is 3.32. The molecule has 0 N–H and O–H groups in total. The summed E-state index contributed by atoms with van der Waals surface area (Å²) in [5.41, 5.74) is 2.69. The molecule has 0 unspecified atom stereocenters. The van der Waals surface area contributed by atoms with Gasteiger partial charge in [0.1, 0.15) is 18.1 Å². The molecule has 0 amide bonds. The fraction of sp³-hybridized carbons (Fsp3) is 0.188. The summed E-state index contributed by atoms with van der Waals surface area (Å²) >= 11 is 6.92. The number of carbonyl (C=O) groups excluding carboxylic acids is 1. The molecular weight excluding hydrogens is 400 g/mol. The van der Waals surface area contributed by atoms with Crippen molar-refractivity contribution in [2.24, 2.45) is 0 Å². The fourth-order valence-corrected chi connectivity index (χ4v) is 3.42. The van der Waals surface area contributed by atoms with Crippen molar-refractivity contribution in [1.29, 1.82) is 0 Å². The van der Waals surface area contributed by atoms with Gasteiger partial charge in [0, 0.05) is 16.5 Å². The fourth-order valence-electron chi connectivity index (χ4n) is 2.37. The smallest absolute Gasteiger partial charge is 0.153 e. The average Bonchev–Trinajstić information content (AvgIpc) is 2.93. The van der Waals surface area contributed by atoms with E-state index in [9.17, 15) is 4.79 Å². The molecule has 108 valence electrons. The van der Waals surface area contributed by atoms with Crippen molar-refractivity contribution < 1.29 is 14.3 Å². The van der Waals surface area contributed by atoms with Crippen molar-refractivity contribution in [2.45, 2.75) is 13.0 Å². The molecule has 0 aliphatic carbocycles. The molecule has 3 rings (SSSR count). The standard InChI is InChI=1S/C16H12Br2O3/c17-13-6-10-4-5-20-15(10)12(7-13)9-21-16-11(8-19)2-1-3-14(16)18/h1-3,6-8H,4-5,9H2. The highest BCUT2D eigenvalue weighted by molar-refractivity contribution is 9.10. The number of ether oxygens (including phenoxy) is 2. The Bertz CT molecular complexity index is 698. The number of halogens is 2. The van der Waals surface area contributed by atoms with Gasteiger partial charge in [-0.05, 0) is 45.8 Å². The molecule has 0 bridgehead atoms. The second kappa shape index (κ2) is 6.20. The van der Waals surface area contributed by atoms with Gasteiger partial charge in [-0.2, -0.15) is 0 Å². The van der Waals surface area contributed by atoms with Crippen LogP contribution in [0.4, 0.5) is 0 Å². The van der Waals surface area contributed by atoms with Crippen LogP contribution >= 0.6 is 31.9 Å². The molecule has 2 aromatic rings.